The van der Waals surface area contributed by atoms with Gasteiger partial charge in [-0.2, -0.15) is 0 Å². The summed E-state index contributed by atoms with van der Waals surface area (Å²) in [4.78, 5) is 10.4. The van der Waals surface area contributed by atoms with Gasteiger partial charge in [0.15, 0.2) is 5.75 Å². The number of benzene rings is 1. The second kappa shape index (κ2) is 5.32. The standard InChI is InChI=1S/C10H15N3O3/c1-7(2)6-16-9-5-3-4-8(12-11)10(9)13(14)15/h3-5,7,12H,6,11H2,1-2H3. The highest BCUT2D eigenvalue weighted by Crippen LogP contribution is 2.34. The fourth-order valence-corrected chi connectivity index (χ4v) is 1.20. The number of para-hydroxylation sites is 1. The number of nitro groups is 1. The van der Waals surface area contributed by atoms with E-state index in [4.69, 9.17) is 10.6 Å². The Labute approximate surface area is 93.5 Å². The van der Waals surface area contributed by atoms with Crippen LogP contribution in [0.4, 0.5) is 11.4 Å². The molecule has 3 N–H and O–H groups in total. The van der Waals surface area contributed by atoms with Crippen LogP contribution in [0.15, 0.2) is 18.2 Å². The Balaban J connectivity index is 3.02. The zero-order chi connectivity index (χ0) is 12.1. The Bertz CT molecular complexity index is 380. The summed E-state index contributed by atoms with van der Waals surface area (Å²) in [6, 6.07) is 4.74. The van der Waals surface area contributed by atoms with Gasteiger partial charge in [-0.3, -0.25) is 16.0 Å². The molecular weight excluding hydrogens is 210 g/mol. The zero-order valence-electron chi connectivity index (χ0n) is 9.27. The van der Waals surface area contributed by atoms with E-state index >= 15 is 0 Å². The molecule has 0 spiro atoms. The first-order chi connectivity index (χ1) is 7.56. The number of ether oxygens (including phenoxy) is 1. The van der Waals surface area contributed by atoms with E-state index in [9.17, 15) is 10.1 Å². The van der Waals surface area contributed by atoms with E-state index in [0.717, 1.165) is 0 Å². The molecule has 0 aliphatic rings. The zero-order valence-corrected chi connectivity index (χ0v) is 9.27. The van der Waals surface area contributed by atoms with Crippen LogP contribution >= 0.6 is 0 Å². The normalized spacial score (nSPS) is 10.2. The van der Waals surface area contributed by atoms with Crippen molar-refractivity contribution in [2.45, 2.75) is 13.8 Å². The van der Waals surface area contributed by atoms with Gasteiger partial charge in [0.2, 0.25) is 0 Å². The smallest absolute Gasteiger partial charge is 0.335 e. The first kappa shape index (κ1) is 12.3. The van der Waals surface area contributed by atoms with Gasteiger partial charge in [-0.25, -0.2) is 0 Å². The molecule has 0 aromatic heterocycles. The van der Waals surface area contributed by atoms with E-state index in [1.807, 2.05) is 13.8 Å². The Morgan fingerprint density at radius 1 is 1.56 bits per heavy atom. The second-order valence-corrected chi connectivity index (χ2v) is 3.76. The third-order valence-electron chi connectivity index (χ3n) is 1.91. The number of hydrogen-bond donors (Lipinski definition) is 2. The minimum Gasteiger partial charge on any atom is -0.486 e. The first-order valence-electron chi connectivity index (χ1n) is 4.93. The van der Waals surface area contributed by atoms with E-state index < -0.39 is 4.92 Å². The van der Waals surface area contributed by atoms with Gasteiger partial charge in [-0.1, -0.05) is 19.9 Å². The maximum atomic E-state index is 10.9. The molecule has 0 amide bonds. The minimum atomic E-state index is -0.509. The Morgan fingerprint density at radius 3 is 2.75 bits per heavy atom. The number of hydrogen-bond acceptors (Lipinski definition) is 5. The summed E-state index contributed by atoms with van der Waals surface area (Å²) < 4.78 is 5.37. The lowest BCUT2D eigenvalue weighted by Crippen LogP contribution is -2.11. The van der Waals surface area contributed by atoms with Crippen molar-refractivity contribution in [2.24, 2.45) is 11.8 Å². The molecule has 0 radical (unpaired) electrons. The molecular formula is C10H15N3O3. The molecule has 0 aliphatic heterocycles. The van der Waals surface area contributed by atoms with Crippen LogP contribution < -0.4 is 16.0 Å². The molecule has 1 rings (SSSR count). The summed E-state index contributed by atoms with van der Waals surface area (Å²) in [5.41, 5.74) is 2.39. The van der Waals surface area contributed by atoms with Crippen LogP contribution in [-0.4, -0.2) is 11.5 Å². The lowest BCUT2D eigenvalue weighted by Gasteiger charge is -2.10. The van der Waals surface area contributed by atoms with Crippen LogP contribution in [0.1, 0.15) is 13.8 Å². The van der Waals surface area contributed by atoms with E-state index in [0.29, 0.717) is 12.5 Å². The van der Waals surface area contributed by atoms with Crippen molar-refractivity contribution >= 4 is 11.4 Å². The van der Waals surface area contributed by atoms with Gasteiger partial charge in [0.05, 0.1) is 11.5 Å². The fourth-order valence-electron chi connectivity index (χ4n) is 1.20. The predicted molar refractivity (Wildman–Crippen MR) is 61.2 cm³/mol. The fraction of sp³-hybridized carbons (Fsp3) is 0.400. The van der Waals surface area contributed by atoms with Crippen LogP contribution in [-0.2, 0) is 0 Å². The van der Waals surface area contributed by atoms with Crippen LogP contribution in [0.3, 0.4) is 0 Å². The number of hydrazine groups is 1. The number of nitrogen functional groups attached to an aromatic ring is 1. The maximum Gasteiger partial charge on any atom is 0.335 e. The molecule has 0 saturated heterocycles. The predicted octanol–water partition coefficient (Wildman–Crippen LogP) is 1.92. The third kappa shape index (κ3) is 2.83. The summed E-state index contributed by atoms with van der Waals surface area (Å²) in [5, 5.41) is 10.9. The van der Waals surface area contributed by atoms with Crippen molar-refractivity contribution in [1.29, 1.82) is 0 Å². The topological polar surface area (TPSA) is 90.4 Å². The van der Waals surface area contributed by atoms with Gasteiger partial charge >= 0.3 is 5.69 Å². The molecule has 1 aromatic rings. The lowest BCUT2D eigenvalue weighted by molar-refractivity contribution is -0.385. The van der Waals surface area contributed by atoms with E-state index in [1.165, 1.54) is 6.07 Å². The molecule has 6 nitrogen and oxygen atoms in total. The molecule has 0 atom stereocenters. The monoisotopic (exact) mass is 225 g/mol. The number of rotatable bonds is 5. The molecule has 16 heavy (non-hydrogen) atoms. The highest BCUT2D eigenvalue weighted by atomic mass is 16.6. The van der Waals surface area contributed by atoms with E-state index in [-0.39, 0.29) is 17.1 Å². The molecule has 0 unspecified atom stereocenters. The molecule has 0 fully saturated rings. The largest absolute Gasteiger partial charge is 0.486 e. The quantitative estimate of drug-likeness (QED) is 0.454. The highest BCUT2D eigenvalue weighted by Gasteiger charge is 2.20. The van der Waals surface area contributed by atoms with Gasteiger partial charge in [-0.05, 0) is 18.1 Å². The first-order valence-corrected chi connectivity index (χ1v) is 4.93. The molecule has 0 saturated carbocycles. The van der Waals surface area contributed by atoms with Crippen molar-refractivity contribution < 1.29 is 9.66 Å². The Kier molecular flexibility index (Phi) is 4.07. The van der Waals surface area contributed by atoms with Crippen molar-refractivity contribution in [3.63, 3.8) is 0 Å². The van der Waals surface area contributed by atoms with E-state index in [1.54, 1.807) is 12.1 Å². The van der Waals surface area contributed by atoms with Crippen LogP contribution in [0.2, 0.25) is 0 Å². The Morgan fingerprint density at radius 2 is 2.25 bits per heavy atom. The van der Waals surface area contributed by atoms with Crippen LogP contribution in [0.25, 0.3) is 0 Å². The average molecular weight is 225 g/mol. The molecule has 6 heteroatoms. The summed E-state index contributed by atoms with van der Waals surface area (Å²) in [6.45, 7) is 4.36. The number of anilines is 1. The number of nitrogens with two attached hydrogens (primary N) is 1. The number of nitrogens with zero attached hydrogens (tertiary/aromatic N) is 1. The summed E-state index contributed by atoms with van der Waals surface area (Å²) in [5.74, 6) is 5.73. The van der Waals surface area contributed by atoms with Gasteiger partial charge < -0.3 is 10.2 Å². The van der Waals surface area contributed by atoms with Gasteiger partial charge in [0.25, 0.3) is 0 Å². The van der Waals surface area contributed by atoms with Crippen molar-refractivity contribution in [3.8, 4) is 5.75 Å². The lowest BCUT2D eigenvalue weighted by atomic mass is 10.2. The van der Waals surface area contributed by atoms with Crippen LogP contribution in [0.5, 0.6) is 5.75 Å². The van der Waals surface area contributed by atoms with Crippen molar-refractivity contribution in [2.75, 3.05) is 12.0 Å². The van der Waals surface area contributed by atoms with Gasteiger partial charge in [0.1, 0.15) is 5.69 Å². The molecule has 1 aromatic carbocycles. The SMILES string of the molecule is CC(C)COc1cccc(NN)c1[N+](=O)[O-]. The highest BCUT2D eigenvalue weighted by molar-refractivity contribution is 5.67. The van der Waals surface area contributed by atoms with E-state index in [2.05, 4.69) is 5.43 Å². The third-order valence-corrected chi connectivity index (χ3v) is 1.91. The number of nitrogens with one attached hydrogen (secondary N) is 1. The summed E-state index contributed by atoms with van der Waals surface area (Å²) in [7, 11) is 0. The molecule has 88 valence electrons. The van der Waals surface area contributed by atoms with Crippen molar-refractivity contribution in [1.82, 2.24) is 0 Å². The number of nitro benzene ring substituents is 1. The summed E-state index contributed by atoms with van der Waals surface area (Å²) in [6.07, 6.45) is 0. The maximum absolute atomic E-state index is 10.9. The van der Waals surface area contributed by atoms with Crippen molar-refractivity contribution in [3.05, 3.63) is 28.3 Å². The van der Waals surface area contributed by atoms with Gasteiger partial charge in [0, 0.05) is 0 Å². The average Bonchev–Trinajstić information content (AvgIpc) is 2.25. The van der Waals surface area contributed by atoms with Gasteiger partial charge in [-0.15, -0.1) is 0 Å². The van der Waals surface area contributed by atoms with Crippen LogP contribution in [0, 0.1) is 16.0 Å². The Hall–Kier alpha value is -1.82. The summed E-state index contributed by atoms with van der Waals surface area (Å²) >= 11 is 0. The minimum absolute atomic E-state index is 0.134. The second-order valence-electron chi connectivity index (χ2n) is 3.76. The molecule has 0 aliphatic carbocycles. The molecule has 0 bridgehead atoms. The molecule has 0 heterocycles.